The molecule has 0 radical (unpaired) electrons. The van der Waals surface area contributed by atoms with Gasteiger partial charge >= 0.3 is 5.97 Å². The minimum absolute atomic E-state index is 0.160. The number of nitriles is 1. The summed E-state index contributed by atoms with van der Waals surface area (Å²) in [5.41, 5.74) is 0.684. The molecule has 0 unspecified atom stereocenters. The van der Waals surface area contributed by atoms with Crippen LogP contribution >= 0.6 is 0 Å². The first-order valence-corrected chi connectivity index (χ1v) is 6.77. The van der Waals surface area contributed by atoms with Gasteiger partial charge < -0.3 is 5.11 Å². The topological polar surface area (TPSA) is 107 Å². The third kappa shape index (κ3) is 4.53. The maximum Gasteiger partial charge on any atom is 0.304 e. The van der Waals surface area contributed by atoms with Gasteiger partial charge in [-0.3, -0.25) is 4.79 Å². The highest BCUT2D eigenvalue weighted by atomic mass is 32.2. The van der Waals surface area contributed by atoms with E-state index in [0.717, 1.165) is 0 Å². The summed E-state index contributed by atoms with van der Waals surface area (Å²) in [5, 5.41) is 17.2. The Bertz CT molecular complexity index is 575. The standard InChI is InChI=1S/C11H12N2O4S/c12-7-9-3-1-2-4-10(9)8-18(16,17)13-6-5-11(14)15/h1-4,13H,5-6,8H2,(H,14,15). The lowest BCUT2D eigenvalue weighted by Gasteiger charge is -2.06. The molecule has 0 heterocycles. The Morgan fingerprint density at radius 2 is 2.06 bits per heavy atom. The van der Waals surface area contributed by atoms with Crippen molar-refractivity contribution < 1.29 is 18.3 Å². The molecule has 0 aliphatic rings. The van der Waals surface area contributed by atoms with Crippen LogP contribution in [0.3, 0.4) is 0 Å². The zero-order chi connectivity index (χ0) is 13.6. The van der Waals surface area contributed by atoms with Crippen LogP contribution in [-0.4, -0.2) is 26.0 Å². The fourth-order valence-electron chi connectivity index (χ4n) is 1.32. The Balaban J connectivity index is 2.71. The van der Waals surface area contributed by atoms with Crippen LogP contribution in [-0.2, 0) is 20.6 Å². The summed E-state index contributed by atoms with van der Waals surface area (Å²) in [4.78, 5) is 10.3. The number of carboxylic acids is 1. The molecule has 0 bridgehead atoms. The molecule has 0 aliphatic carbocycles. The first-order valence-electron chi connectivity index (χ1n) is 5.12. The molecule has 0 atom stereocenters. The Labute approximate surface area is 105 Å². The average Bonchev–Trinajstić information content (AvgIpc) is 2.28. The highest BCUT2D eigenvalue weighted by molar-refractivity contribution is 7.88. The van der Waals surface area contributed by atoms with E-state index in [-0.39, 0.29) is 18.7 Å². The fraction of sp³-hybridized carbons (Fsp3) is 0.273. The Morgan fingerprint density at radius 3 is 2.67 bits per heavy atom. The molecule has 1 aromatic carbocycles. The van der Waals surface area contributed by atoms with E-state index in [1.165, 1.54) is 6.07 Å². The number of carbonyl (C=O) groups is 1. The van der Waals surface area contributed by atoms with Gasteiger partial charge in [-0.2, -0.15) is 5.26 Å². The van der Waals surface area contributed by atoms with Crippen LogP contribution in [0.2, 0.25) is 0 Å². The summed E-state index contributed by atoms with van der Waals surface area (Å²) in [5.74, 6) is -1.41. The first-order chi connectivity index (χ1) is 8.44. The Morgan fingerprint density at radius 1 is 1.39 bits per heavy atom. The van der Waals surface area contributed by atoms with Gasteiger partial charge in [0.1, 0.15) is 0 Å². The number of aliphatic carboxylic acids is 1. The zero-order valence-electron chi connectivity index (χ0n) is 9.46. The van der Waals surface area contributed by atoms with Crippen molar-refractivity contribution in [2.45, 2.75) is 12.2 Å². The van der Waals surface area contributed by atoms with Crippen molar-refractivity contribution in [3.63, 3.8) is 0 Å². The van der Waals surface area contributed by atoms with Crippen molar-refractivity contribution in [2.24, 2.45) is 0 Å². The van der Waals surface area contributed by atoms with Gasteiger partial charge in [0.05, 0.1) is 23.8 Å². The average molecular weight is 268 g/mol. The summed E-state index contributed by atoms with van der Waals surface area (Å²) in [6, 6.07) is 8.27. The molecular formula is C11H12N2O4S. The summed E-state index contributed by atoms with van der Waals surface area (Å²) >= 11 is 0. The molecule has 0 amide bonds. The number of hydrogen-bond acceptors (Lipinski definition) is 4. The normalized spacial score (nSPS) is 10.8. The van der Waals surface area contributed by atoms with Gasteiger partial charge in [-0.05, 0) is 11.6 Å². The predicted molar refractivity (Wildman–Crippen MR) is 64.0 cm³/mol. The Hall–Kier alpha value is -1.91. The number of nitrogens with one attached hydrogen (secondary N) is 1. The highest BCUT2D eigenvalue weighted by Gasteiger charge is 2.14. The summed E-state index contributed by atoms with van der Waals surface area (Å²) in [6.07, 6.45) is -0.279. The predicted octanol–water partition coefficient (Wildman–Crippen LogP) is 0.452. The van der Waals surface area contributed by atoms with E-state index in [4.69, 9.17) is 10.4 Å². The van der Waals surface area contributed by atoms with Gasteiger partial charge in [0, 0.05) is 6.54 Å². The monoisotopic (exact) mass is 268 g/mol. The third-order valence-corrected chi connectivity index (χ3v) is 3.48. The maximum absolute atomic E-state index is 11.6. The molecule has 96 valence electrons. The van der Waals surface area contributed by atoms with Crippen LogP contribution in [0.15, 0.2) is 24.3 Å². The van der Waals surface area contributed by atoms with Crippen LogP contribution < -0.4 is 4.72 Å². The number of benzene rings is 1. The van der Waals surface area contributed by atoms with Gasteiger partial charge in [0.15, 0.2) is 0 Å². The molecule has 2 N–H and O–H groups in total. The molecule has 7 heteroatoms. The van der Waals surface area contributed by atoms with Crippen LogP contribution in [0, 0.1) is 11.3 Å². The van der Waals surface area contributed by atoms with E-state index in [1.54, 1.807) is 18.2 Å². The summed E-state index contributed by atoms with van der Waals surface area (Å²) in [6.45, 7) is -0.160. The van der Waals surface area contributed by atoms with E-state index in [1.807, 2.05) is 6.07 Å². The Kier molecular flexibility index (Phi) is 4.83. The number of nitrogens with zero attached hydrogens (tertiary/aromatic N) is 1. The van der Waals surface area contributed by atoms with E-state index < -0.39 is 16.0 Å². The second kappa shape index (κ2) is 6.14. The molecule has 0 spiro atoms. The largest absolute Gasteiger partial charge is 0.481 e. The SMILES string of the molecule is N#Cc1ccccc1CS(=O)(=O)NCCC(=O)O. The van der Waals surface area contributed by atoms with Gasteiger partial charge in [-0.25, -0.2) is 13.1 Å². The maximum atomic E-state index is 11.6. The summed E-state index contributed by atoms with van der Waals surface area (Å²) < 4.78 is 25.4. The second-order valence-electron chi connectivity index (χ2n) is 3.57. The first kappa shape index (κ1) is 14.2. The summed E-state index contributed by atoms with van der Waals surface area (Å²) in [7, 11) is -3.63. The van der Waals surface area contributed by atoms with Crippen LogP contribution in [0.1, 0.15) is 17.5 Å². The van der Waals surface area contributed by atoms with Crippen molar-refractivity contribution in [3.05, 3.63) is 35.4 Å². The lowest BCUT2D eigenvalue weighted by molar-refractivity contribution is -0.136. The number of rotatable bonds is 6. The molecule has 0 saturated carbocycles. The lowest BCUT2D eigenvalue weighted by Crippen LogP contribution is -2.27. The molecule has 0 aliphatic heterocycles. The van der Waals surface area contributed by atoms with Crippen LogP contribution in [0.4, 0.5) is 0 Å². The molecule has 1 aromatic rings. The smallest absolute Gasteiger partial charge is 0.304 e. The van der Waals surface area contributed by atoms with Gasteiger partial charge in [-0.15, -0.1) is 0 Å². The number of hydrogen-bond donors (Lipinski definition) is 2. The highest BCUT2D eigenvalue weighted by Crippen LogP contribution is 2.10. The van der Waals surface area contributed by atoms with Gasteiger partial charge in [0.2, 0.25) is 10.0 Å². The minimum Gasteiger partial charge on any atom is -0.481 e. The van der Waals surface area contributed by atoms with Gasteiger partial charge in [0.25, 0.3) is 0 Å². The quantitative estimate of drug-likeness (QED) is 0.779. The van der Waals surface area contributed by atoms with E-state index >= 15 is 0 Å². The van der Waals surface area contributed by atoms with Crippen molar-refractivity contribution in [3.8, 4) is 6.07 Å². The lowest BCUT2D eigenvalue weighted by atomic mass is 10.1. The molecule has 0 aromatic heterocycles. The molecule has 6 nitrogen and oxygen atoms in total. The van der Waals surface area contributed by atoms with E-state index in [0.29, 0.717) is 11.1 Å². The van der Waals surface area contributed by atoms with E-state index in [2.05, 4.69) is 4.72 Å². The van der Waals surface area contributed by atoms with Crippen LogP contribution in [0.25, 0.3) is 0 Å². The van der Waals surface area contributed by atoms with E-state index in [9.17, 15) is 13.2 Å². The molecule has 0 fully saturated rings. The molecule has 18 heavy (non-hydrogen) atoms. The number of carboxylic acid groups (broad SMARTS) is 1. The van der Waals surface area contributed by atoms with Crippen molar-refractivity contribution in [1.82, 2.24) is 4.72 Å². The van der Waals surface area contributed by atoms with Crippen molar-refractivity contribution in [1.29, 1.82) is 5.26 Å². The molecule has 1 rings (SSSR count). The molecule has 0 saturated heterocycles. The van der Waals surface area contributed by atoms with Crippen molar-refractivity contribution >= 4 is 16.0 Å². The van der Waals surface area contributed by atoms with Crippen molar-refractivity contribution in [2.75, 3.05) is 6.54 Å². The van der Waals surface area contributed by atoms with Gasteiger partial charge in [-0.1, -0.05) is 18.2 Å². The second-order valence-corrected chi connectivity index (χ2v) is 5.37. The fourth-order valence-corrected chi connectivity index (χ4v) is 2.50. The number of sulfonamides is 1. The minimum atomic E-state index is -3.63. The zero-order valence-corrected chi connectivity index (χ0v) is 10.3. The molecular weight excluding hydrogens is 256 g/mol. The third-order valence-electron chi connectivity index (χ3n) is 2.14. The van der Waals surface area contributed by atoms with Crippen LogP contribution in [0.5, 0.6) is 0 Å².